The van der Waals surface area contributed by atoms with Crippen molar-refractivity contribution in [3.05, 3.63) is 28.2 Å². The lowest BCUT2D eigenvalue weighted by molar-refractivity contribution is -0.114. The van der Waals surface area contributed by atoms with Crippen LogP contribution in [-0.2, 0) is 4.79 Å². The summed E-state index contributed by atoms with van der Waals surface area (Å²) in [5.74, 6) is -0.348. The maximum absolute atomic E-state index is 12.1. The molecule has 0 spiro atoms. The van der Waals surface area contributed by atoms with Gasteiger partial charge in [-0.25, -0.2) is 0 Å². The minimum absolute atomic E-state index is 0.389. The van der Waals surface area contributed by atoms with E-state index in [1.54, 1.807) is 11.0 Å². The van der Waals surface area contributed by atoms with E-state index in [2.05, 4.69) is 21.2 Å². The highest BCUT2D eigenvalue weighted by Gasteiger charge is 2.36. The van der Waals surface area contributed by atoms with Crippen molar-refractivity contribution in [1.82, 2.24) is 5.32 Å². The highest BCUT2D eigenvalue weighted by molar-refractivity contribution is 9.10. The second-order valence-electron chi connectivity index (χ2n) is 5.12. The van der Waals surface area contributed by atoms with Gasteiger partial charge in [-0.1, -0.05) is 15.9 Å². The molecule has 1 aromatic rings. The summed E-state index contributed by atoms with van der Waals surface area (Å²) in [7, 11) is 0. The molecule has 1 amide bonds. The van der Waals surface area contributed by atoms with E-state index in [-0.39, 0.29) is 5.78 Å². The summed E-state index contributed by atoms with van der Waals surface area (Å²) in [5.41, 5.74) is 1.27. The number of hydrogen-bond acceptors (Lipinski definition) is 3. The number of Topliss-reactive ketones (excluding diaryl/α,β-unsaturated/α-hetero) is 1. The van der Waals surface area contributed by atoms with Crippen LogP contribution in [0.4, 0.5) is 5.69 Å². The number of ketones is 1. The van der Waals surface area contributed by atoms with Gasteiger partial charge in [0.2, 0.25) is 0 Å². The molecule has 1 fully saturated rings. The standard InChI is InChI=1S/C14H15BrN2O2/c15-10-3-4-12-11(6-10)13(18)14(19)17(12)8-9-2-1-5-16-7-9/h3-4,6,9,16H,1-2,5,7-8H2. The van der Waals surface area contributed by atoms with Crippen molar-refractivity contribution in [3.8, 4) is 0 Å². The second-order valence-corrected chi connectivity index (χ2v) is 6.03. The van der Waals surface area contributed by atoms with Crippen LogP contribution in [0.15, 0.2) is 22.7 Å². The number of nitrogens with one attached hydrogen (secondary N) is 1. The van der Waals surface area contributed by atoms with Gasteiger partial charge < -0.3 is 10.2 Å². The number of rotatable bonds is 2. The maximum atomic E-state index is 12.1. The van der Waals surface area contributed by atoms with Gasteiger partial charge in [-0.3, -0.25) is 9.59 Å². The molecule has 0 aliphatic carbocycles. The molecule has 1 atom stereocenters. The molecular formula is C14H15BrN2O2. The van der Waals surface area contributed by atoms with Gasteiger partial charge >= 0.3 is 0 Å². The fraction of sp³-hybridized carbons (Fsp3) is 0.429. The first-order valence-electron chi connectivity index (χ1n) is 6.53. The van der Waals surface area contributed by atoms with Crippen molar-refractivity contribution < 1.29 is 9.59 Å². The largest absolute Gasteiger partial charge is 0.316 e. The number of amides is 1. The lowest BCUT2D eigenvalue weighted by atomic mass is 9.99. The maximum Gasteiger partial charge on any atom is 0.299 e. The Morgan fingerprint density at radius 3 is 2.95 bits per heavy atom. The van der Waals surface area contributed by atoms with Crippen LogP contribution in [0, 0.1) is 5.92 Å². The van der Waals surface area contributed by atoms with E-state index < -0.39 is 5.91 Å². The van der Waals surface area contributed by atoms with Crippen molar-refractivity contribution >= 4 is 33.3 Å². The summed E-state index contributed by atoms with van der Waals surface area (Å²) in [6.45, 7) is 2.60. The predicted octanol–water partition coefficient (Wildman–Crippen LogP) is 1.98. The summed E-state index contributed by atoms with van der Waals surface area (Å²) in [4.78, 5) is 25.7. The van der Waals surface area contributed by atoms with Gasteiger partial charge in [0, 0.05) is 11.0 Å². The molecule has 2 aliphatic rings. The zero-order chi connectivity index (χ0) is 13.4. The van der Waals surface area contributed by atoms with Crippen LogP contribution in [0.1, 0.15) is 23.2 Å². The molecular weight excluding hydrogens is 308 g/mol. The SMILES string of the molecule is O=C1C(=O)N(CC2CCCNC2)c2ccc(Br)cc21. The molecule has 19 heavy (non-hydrogen) atoms. The van der Waals surface area contributed by atoms with Crippen molar-refractivity contribution in [2.75, 3.05) is 24.5 Å². The summed E-state index contributed by atoms with van der Waals surface area (Å²) < 4.78 is 0.827. The van der Waals surface area contributed by atoms with E-state index in [1.807, 2.05) is 12.1 Å². The number of piperidine rings is 1. The third-order valence-corrected chi connectivity index (χ3v) is 4.27. The third kappa shape index (κ3) is 2.32. The Balaban J connectivity index is 1.86. The molecule has 0 bridgehead atoms. The van der Waals surface area contributed by atoms with Gasteiger partial charge in [-0.2, -0.15) is 0 Å². The smallest absolute Gasteiger partial charge is 0.299 e. The first kappa shape index (κ1) is 12.8. The summed E-state index contributed by atoms with van der Waals surface area (Å²) in [6.07, 6.45) is 2.24. The van der Waals surface area contributed by atoms with E-state index in [9.17, 15) is 9.59 Å². The van der Waals surface area contributed by atoms with Gasteiger partial charge in [-0.15, -0.1) is 0 Å². The lowest BCUT2D eigenvalue weighted by Crippen LogP contribution is -2.40. The van der Waals surface area contributed by atoms with E-state index in [4.69, 9.17) is 0 Å². The van der Waals surface area contributed by atoms with Crippen LogP contribution >= 0.6 is 15.9 Å². The topological polar surface area (TPSA) is 49.4 Å². The normalized spacial score (nSPS) is 22.8. The predicted molar refractivity (Wildman–Crippen MR) is 76.4 cm³/mol. The van der Waals surface area contributed by atoms with E-state index >= 15 is 0 Å². The number of halogens is 1. The highest BCUT2D eigenvalue weighted by atomic mass is 79.9. The van der Waals surface area contributed by atoms with Crippen LogP contribution in [0.2, 0.25) is 0 Å². The number of hydrogen-bond donors (Lipinski definition) is 1. The molecule has 1 saturated heterocycles. The van der Waals surface area contributed by atoms with Crippen molar-refractivity contribution in [2.24, 2.45) is 5.92 Å². The van der Waals surface area contributed by atoms with Gasteiger partial charge in [0.1, 0.15) is 0 Å². The first-order chi connectivity index (χ1) is 9.16. The van der Waals surface area contributed by atoms with Crippen LogP contribution in [0.3, 0.4) is 0 Å². The highest BCUT2D eigenvalue weighted by Crippen LogP contribution is 2.32. The molecule has 0 saturated carbocycles. The zero-order valence-electron chi connectivity index (χ0n) is 10.5. The number of carbonyl (C=O) groups excluding carboxylic acids is 2. The molecule has 1 unspecified atom stereocenters. The molecule has 2 aliphatic heterocycles. The Kier molecular flexibility index (Phi) is 3.41. The number of nitrogens with zero attached hydrogens (tertiary/aromatic N) is 1. The van der Waals surface area contributed by atoms with Gasteiger partial charge in [0.25, 0.3) is 11.7 Å². The molecule has 0 radical (unpaired) electrons. The molecule has 0 aromatic heterocycles. The number of carbonyl (C=O) groups is 2. The fourth-order valence-electron chi connectivity index (χ4n) is 2.79. The average molecular weight is 323 g/mol. The number of anilines is 1. The van der Waals surface area contributed by atoms with Gasteiger partial charge in [-0.05, 0) is 50.0 Å². The Morgan fingerprint density at radius 1 is 1.37 bits per heavy atom. The summed E-state index contributed by atoms with van der Waals surface area (Å²) in [6, 6.07) is 5.45. The molecule has 4 nitrogen and oxygen atoms in total. The Hall–Kier alpha value is -1.20. The van der Waals surface area contributed by atoms with Crippen LogP contribution < -0.4 is 10.2 Å². The van der Waals surface area contributed by atoms with E-state index in [0.717, 1.165) is 36.1 Å². The van der Waals surface area contributed by atoms with Crippen LogP contribution in [-0.4, -0.2) is 31.3 Å². The van der Waals surface area contributed by atoms with E-state index in [1.165, 1.54) is 0 Å². The Bertz CT molecular complexity index is 538. The Morgan fingerprint density at radius 2 is 2.21 bits per heavy atom. The minimum atomic E-state index is -0.390. The minimum Gasteiger partial charge on any atom is -0.316 e. The van der Waals surface area contributed by atoms with Crippen LogP contribution in [0.25, 0.3) is 0 Å². The molecule has 2 heterocycles. The monoisotopic (exact) mass is 322 g/mol. The summed E-state index contributed by atoms with van der Waals surface area (Å²) >= 11 is 3.34. The fourth-order valence-corrected chi connectivity index (χ4v) is 3.15. The molecule has 1 N–H and O–H groups in total. The second kappa shape index (κ2) is 5.06. The molecule has 1 aromatic carbocycles. The average Bonchev–Trinajstić information content (AvgIpc) is 2.65. The van der Waals surface area contributed by atoms with Crippen molar-refractivity contribution in [3.63, 3.8) is 0 Å². The Labute approximate surface area is 120 Å². The molecule has 5 heteroatoms. The molecule has 3 rings (SSSR count). The van der Waals surface area contributed by atoms with Gasteiger partial charge in [0.15, 0.2) is 0 Å². The lowest BCUT2D eigenvalue weighted by Gasteiger charge is -2.27. The third-order valence-electron chi connectivity index (χ3n) is 3.77. The number of benzene rings is 1. The quantitative estimate of drug-likeness (QED) is 0.847. The van der Waals surface area contributed by atoms with E-state index in [0.29, 0.717) is 18.0 Å². The molecule has 100 valence electrons. The first-order valence-corrected chi connectivity index (χ1v) is 7.32. The van der Waals surface area contributed by atoms with Gasteiger partial charge in [0.05, 0.1) is 11.3 Å². The summed E-state index contributed by atoms with van der Waals surface area (Å²) in [5, 5.41) is 3.34. The van der Waals surface area contributed by atoms with Crippen LogP contribution in [0.5, 0.6) is 0 Å². The zero-order valence-corrected chi connectivity index (χ0v) is 12.1. The van der Waals surface area contributed by atoms with Crippen molar-refractivity contribution in [1.29, 1.82) is 0 Å². The van der Waals surface area contributed by atoms with Crippen molar-refractivity contribution in [2.45, 2.75) is 12.8 Å². The number of fused-ring (bicyclic) bond motifs is 1.